The Bertz CT molecular complexity index is 742. The maximum atomic E-state index is 14.0. The summed E-state index contributed by atoms with van der Waals surface area (Å²) in [4.78, 5) is 11.8. The van der Waals surface area contributed by atoms with Crippen LogP contribution in [0.15, 0.2) is 42.5 Å². The highest BCUT2D eigenvalue weighted by Gasteiger charge is 2.27. The van der Waals surface area contributed by atoms with E-state index in [2.05, 4.69) is 36.5 Å². The van der Waals surface area contributed by atoms with Crippen molar-refractivity contribution in [1.82, 2.24) is 0 Å². The fourth-order valence-electron chi connectivity index (χ4n) is 3.45. The van der Waals surface area contributed by atoms with Crippen LogP contribution in [0.4, 0.5) is 10.1 Å². The number of anilines is 1. The third-order valence-corrected chi connectivity index (χ3v) is 4.77. The van der Waals surface area contributed by atoms with E-state index >= 15 is 0 Å². The van der Waals surface area contributed by atoms with E-state index in [0.29, 0.717) is 12.2 Å². The summed E-state index contributed by atoms with van der Waals surface area (Å²) in [5.74, 6) is -0.470. The van der Waals surface area contributed by atoms with Crippen LogP contribution < -0.4 is 5.32 Å². The molecule has 1 aliphatic heterocycles. The van der Waals surface area contributed by atoms with Crippen LogP contribution in [0.1, 0.15) is 47.4 Å². The average molecular weight is 341 g/mol. The van der Waals surface area contributed by atoms with E-state index < -0.39 is 5.82 Å². The highest BCUT2D eigenvalue weighted by molar-refractivity contribution is 5.99. The van der Waals surface area contributed by atoms with Crippen LogP contribution in [0, 0.1) is 18.7 Å². The van der Waals surface area contributed by atoms with Gasteiger partial charge in [-0.2, -0.15) is 0 Å². The van der Waals surface area contributed by atoms with Gasteiger partial charge < -0.3 is 10.1 Å². The summed E-state index contributed by atoms with van der Waals surface area (Å²) >= 11 is 0. The van der Waals surface area contributed by atoms with Gasteiger partial charge in [-0.25, -0.2) is 4.39 Å². The van der Waals surface area contributed by atoms with Gasteiger partial charge in [-0.15, -0.1) is 0 Å². The van der Waals surface area contributed by atoms with Crippen molar-refractivity contribution >= 4 is 11.5 Å². The molecule has 0 bridgehead atoms. The smallest absolute Gasteiger partial charge is 0.164 e. The summed E-state index contributed by atoms with van der Waals surface area (Å²) in [5, 5.41) is 3.28. The zero-order valence-electron chi connectivity index (χ0n) is 14.7. The molecule has 2 unspecified atom stereocenters. The minimum atomic E-state index is -0.479. The number of Topliss-reactive ketones (excluding diaryl/α,β-unsaturated/α-hetero) is 1. The van der Waals surface area contributed by atoms with Gasteiger partial charge in [0, 0.05) is 24.8 Å². The van der Waals surface area contributed by atoms with Gasteiger partial charge in [0.1, 0.15) is 5.82 Å². The lowest BCUT2D eigenvalue weighted by molar-refractivity contribution is -0.0238. The van der Waals surface area contributed by atoms with E-state index in [1.54, 1.807) is 12.1 Å². The molecular weight excluding hydrogens is 317 g/mol. The van der Waals surface area contributed by atoms with Crippen LogP contribution in [0.3, 0.4) is 0 Å². The Morgan fingerprint density at radius 2 is 2.00 bits per heavy atom. The molecule has 1 saturated heterocycles. The van der Waals surface area contributed by atoms with Crippen molar-refractivity contribution in [3.63, 3.8) is 0 Å². The molecule has 0 aliphatic carbocycles. The molecule has 1 fully saturated rings. The predicted octanol–water partition coefficient (Wildman–Crippen LogP) is 4.92. The van der Waals surface area contributed by atoms with E-state index in [4.69, 9.17) is 4.74 Å². The zero-order chi connectivity index (χ0) is 17.8. The van der Waals surface area contributed by atoms with E-state index in [1.165, 1.54) is 24.1 Å². The van der Waals surface area contributed by atoms with Crippen molar-refractivity contribution in [1.29, 1.82) is 0 Å². The van der Waals surface area contributed by atoms with Gasteiger partial charge in [0.15, 0.2) is 5.78 Å². The van der Waals surface area contributed by atoms with E-state index in [0.717, 1.165) is 19.4 Å². The standard InChI is InChI=1S/C21H24FNO2/c1-14-8-10-16(11-9-14)21-17(5-4-12-25-21)13-23-19-7-3-6-18(22)20(19)15(2)24/h3,6-11,17,21,23H,4-5,12-13H2,1-2H3. The monoisotopic (exact) mass is 341 g/mol. The van der Waals surface area contributed by atoms with Gasteiger partial charge in [0.05, 0.1) is 11.7 Å². The first kappa shape index (κ1) is 17.6. The van der Waals surface area contributed by atoms with Crippen molar-refractivity contribution in [2.75, 3.05) is 18.5 Å². The van der Waals surface area contributed by atoms with Gasteiger partial charge in [-0.05, 0) is 44.4 Å². The lowest BCUT2D eigenvalue weighted by Crippen LogP contribution is -2.28. The second-order valence-electron chi connectivity index (χ2n) is 6.70. The van der Waals surface area contributed by atoms with Gasteiger partial charge in [0.25, 0.3) is 0 Å². The Morgan fingerprint density at radius 3 is 2.72 bits per heavy atom. The van der Waals surface area contributed by atoms with Gasteiger partial charge in [0.2, 0.25) is 0 Å². The summed E-state index contributed by atoms with van der Waals surface area (Å²) in [5.41, 5.74) is 3.08. The summed E-state index contributed by atoms with van der Waals surface area (Å²) in [7, 11) is 0. The quantitative estimate of drug-likeness (QED) is 0.785. The molecule has 0 aromatic heterocycles. The Balaban J connectivity index is 1.76. The van der Waals surface area contributed by atoms with Crippen molar-refractivity contribution in [3.8, 4) is 0 Å². The van der Waals surface area contributed by atoms with Crippen molar-refractivity contribution in [2.24, 2.45) is 5.92 Å². The third kappa shape index (κ3) is 4.07. The van der Waals surface area contributed by atoms with Crippen LogP contribution in [0.25, 0.3) is 0 Å². The molecule has 3 nitrogen and oxygen atoms in total. The van der Waals surface area contributed by atoms with Crippen LogP contribution in [0.5, 0.6) is 0 Å². The molecule has 1 N–H and O–H groups in total. The SMILES string of the molecule is CC(=O)c1c(F)cccc1NCC1CCCOC1c1ccc(C)cc1. The molecule has 4 heteroatoms. The highest BCUT2D eigenvalue weighted by Crippen LogP contribution is 2.34. The summed E-state index contributed by atoms with van der Waals surface area (Å²) in [6, 6.07) is 13.1. The topological polar surface area (TPSA) is 38.3 Å². The van der Waals surface area contributed by atoms with Crippen LogP contribution in [-0.2, 0) is 4.74 Å². The van der Waals surface area contributed by atoms with Crippen LogP contribution >= 0.6 is 0 Å². The first-order valence-electron chi connectivity index (χ1n) is 8.77. The molecule has 1 heterocycles. The molecular formula is C21H24FNO2. The normalized spacial score (nSPS) is 20.3. The van der Waals surface area contributed by atoms with Crippen molar-refractivity contribution in [3.05, 3.63) is 65.0 Å². The number of carbonyl (C=O) groups is 1. The molecule has 25 heavy (non-hydrogen) atoms. The predicted molar refractivity (Wildman–Crippen MR) is 97.5 cm³/mol. The Labute approximate surface area is 148 Å². The molecule has 2 aromatic rings. The second kappa shape index (κ2) is 7.79. The van der Waals surface area contributed by atoms with E-state index in [1.807, 2.05) is 0 Å². The van der Waals surface area contributed by atoms with Crippen LogP contribution in [-0.4, -0.2) is 18.9 Å². The maximum Gasteiger partial charge on any atom is 0.164 e. The summed E-state index contributed by atoms with van der Waals surface area (Å²) in [6.45, 7) is 4.86. The number of aryl methyl sites for hydroxylation is 1. The Kier molecular flexibility index (Phi) is 5.49. The first-order valence-corrected chi connectivity index (χ1v) is 8.77. The zero-order valence-corrected chi connectivity index (χ0v) is 14.7. The molecule has 0 radical (unpaired) electrons. The molecule has 2 atom stereocenters. The van der Waals surface area contributed by atoms with Gasteiger partial charge >= 0.3 is 0 Å². The Hall–Kier alpha value is -2.20. The van der Waals surface area contributed by atoms with E-state index in [9.17, 15) is 9.18 Å². The Morgan fingerprint density at radius 1 is 1.24 bits per heavy atom. The number of benzene rings is 2. The molecule has 0 amide bonds. The molecule has 132 valence electrons. The number of hydrogen-bond acceptors (Lipinski definition) is 3. The molecule has 0 spiro atoms. The third-order valence-electron chi connectivity index (χ3n) is 4.77. The molecule has 0 saturated carbocycles. The summed E-state index contributed by atoms with van der Waals surface area (Å²) < 4.78 is 20.0. The molecule has 2 aromatic carbocycles. The maximum absolute atomic E-state index is 14.0. The minimum Gasteiger partial charge on any atom is -0.384 e. The first-order chi connectivity index (χ1) is 12.1. The number of hydrogen-bond donors (Lipinski definition) is 1. The average Bonchev–Trinajstić information content (AvgIpc) is 2.60. The fraction of sp³-hybridized carbons (Fsp3) is 0.381. The summed E-state index contributed by atoms with van der Waals surface area (Å²) in [6.07, 6.45) is 2.07. The largest absolute Gasteiger partial charge is 0.384 e. The number of nitrogens with one attached hydrogen (secondary N) is 1. The van der Waals surface area contributed by atoms with E-state index in [-0.39, 0.29) is 23.4 Å². The number of carbonyl (C=O) groups excluding carboxylic acids is 1. The lowest BCUT2D eigenvalue weighted by atomic mass is 9.89. The minimum absolute atomic E-state index is 0.0242. The lowest BCUT2D eigenvalue weighted by Gasteiger charge is -2.32. The van der Waals surface area contributed by atoms with Crippen molar-refractivity contribution in [2.45, 2.75) is 32.8 Å². The van der Waals surface area contributed by atoms with Crippen molar-refractivity contribution < 1.29 is 13.9 Å². The fourth-order valence-corrected chi connectivity index (χ4v) is 3.45. The number of ketones is 1. The van der Waals surface area contributed by atoms with Gasteiger partial charge in [-0.3, -0.25) is 4.79 Å². The van der Waals surface area contributed by atoms with Gasteiger partial charge in [-0.1, -0.05) is 35.9 Å². The molecule has 3 rings (SSSR count). The van der Waals surface area contributed by atoms with Crippen LogP contribution in [0.2, 0.25) is 0 Å². The second-order valence-corrected chi connectivity index (χ2v) is 6.70. The number of ether oxygens (including phenoxy) is 1. The number of halogens is 1. The molecule has 1 aliphatic rings. The number of rotatable bonds is 5. The highest BCUT2D eigenvalue weighted by atomic mass is 19.1.